The van der Waals surface area contributed by atoms with Crippen LogP contribution in [-0.2, 0) is 9.05 Å². The summed E-state index contributed by atoms with van der Waals surface area (Å²) < 4.78 is 52.0. The first-order valence-corrected chi connectivity index (χ1v) is 6.43. The van der Waals surface area contributed by atoms with Gasteiger partial charge in [-0.15, -0.1) is 0 Å². The highest BCUT2D eigenvalue weighted by molar-refractivity contribution is 8.13. The topological polar surface area (TPSA) is 56.3 Å². The Balaban J connectivity index is 3.68. The second-order valence-electron chi connectivity index (χ2n) is 2.61. The van der Waals surface area contributed by atoms with Crippen LogP contribution >= 0.6 is 22.3 Å². The molecule has 1 aromatic heterocycles. The smallest absolute Gasteiger partial charge is 0.266 e. The zero-order chi connectivity index (χ0) is 12.5. The maximum Gasteiger partial charge on any atom is 0.266 e. The standard InChI is InChI=1S/C7H5Cl2F2NO3S/c1-15-4-5(16(9,13)14)3(7(10)11)2-12-6(4)8/h2,7H,1H3. The van der Waals surface area contributed by atoms with E-state index in [1.165, 1.54) is 0 Å². The summed E-state index contributed by atoms with van der Waals surface area (Å²) in [6.45, 7) is 0. The molecule has 0 radical (unpaired) electrons. The highest BCUT2D eigenvalue weighted by Gasteiger charge is 2.29. The Kier molecular flexibility index (Phi) is 3.92. The van der Waals surface area contributed by atoms with Gasteiger partial charge < -0.3 is 4.74 Å². The van der Waals surface area contributed by atoms with Gasteiger partial charge in [0.05, 0.1) is 12.7 Å². The molecule has 9 heteroatoms. The van der Waals surface area contributed by atoms with Crippen molar-refractivity contribution in [3.8, 4) is 5.75 Å². The van der Waals surface area contributed by atoms with Gasteiger partial charge in [0.15, 0.2) is 10.9 Å². The first kappa shape index (κ1) is 13.4. The Hall–Kier alpha value is -0.660. The van der Waals surface area contributed by atoms with Crippen molar-refractivity contribution < 1.29 is 21.9 Å². The number of ether oxygens (including phenoxy) is 1. The third-order valence-electron chi connectivity index (χ3n) is 1.66. The Morgan fingerprint density at radius 1 is 1.50 bits per heavy atom. The van der Waals surface area contributed by atoms with Crippen LogP contribution in [0.2, 0.25) is 5.15 Å². The van der Waals surface area contributed by atoms with Gasteiger partial charge in [-0.3, -0.25) is 0 Å². The molecule has 0 unspecified atom stereocenters. The summed E-state index contributed by atoms with van der Waals surface area (Å²) in [7, 11) is 1.71. The maximum atomic E-state index is 12.5. The second kappa shape index (κ2) is 4.68. The molecular formula is C7H5Cl2F2NO3S. The minimum Gasteiger partial charge on any atom is -0.492 e. The van der Waals surface area contributed by atoms with E-state index >= 15 is 0 Å². The first-order chi connectivity index (χ1) is 7.29. The number of hydrogen-bond donors (Lipinski definition) is 0. The van der Waals surface area contributed by atoms with Crippen molar-refractivity contribution in [3.05, 3.63) is 16.9 Å². The summed E-state index contributed by atoms with van der Waals surface area (Å²) in [5.74, 6) is -0.491. The fourth-order valence-electron chi connectivity index (χ4n) is 1.05. The van der Waals surface area contributed by atoms with Gasteiger partial charge in [0, 0.05) is 16.9 Å². The van der Waals surface area contributed by atoms with Gasteiger partial charge in [-0.2, -0.15) is 0 Å². The van der Waals surface area contributed by atoms with Crippen LogP contribution in [0.25, 0.3) is 0 Å². The zero-order valence-corrected chi connectivity index (χ0v) is 10.1. The molecular weight excluding hydrogens is 287 g/mol. The molecule has 0 fully saturated rings. The summed E-state index contributed by atoms with van der Waals surface area (Å²) >= 11 is 5.51. The molecule has 90 valence electrons. The fourth-order valence-corrected chi connectivity index (χ4v) is 2.63. The largest absolute Gasteiger partial charge is 0.492 e. The van der Waals surface area contributed by atoms with E-state index in [1.807, 2.05) is 0 Å². The molecule has 1 aromatic rings. The summed E-state index contributed by atoms with van der Waals surface area (Å²) in [5, 5.41) is -0.355. The van der Waals surface area contributed by atoms with Gasteiger partial charge >= 0.3 is 0 Å². The quantitative estimate of drug-likeness (QED) is 0.634. The molecule has 0 spiro atoms. The van der Waals surface area contributed by atoms with Crippen LogP contribution in [0.15, 0.2) is 11.1 Å². The van der Waals surface area contributed by atoms with Crippen LogP contribution in [0, 0.1) is 0 Å². The molecule has 0 aliphatic carbocycles. The van der Waals surface area contributed by atoms with Gasteiger partial charge in [0.1, 0.15) is 4.90 Å². The van der Waals surface area contributed by atoms with Crippen molar-refractivity contribution in [1.82, 2.24) is 4.98 Å². The number of alkyl halides is 2. The van der Waals surface area contributed by atoms with Gasteiger partial charge in [-0.25, -0.2) is 22.2 Å². The van der Waals surface area contributed by atoms with Crippen molar-refractivity contribution in [3.63, 3.8) is 0 Å². The van der Waals surface area contributed by atoms with Gasteiger partial charge in [-0.05, 0) is 0 Å². The monoisotopic (exact) mass is 291 g/mol. The number of rotatable bonds is 3. The summed E-state index contributed by atoms with van der Waals surface area (Å²) in [6, 6.07) is 0. The third kappa shape index (κ3) is 2.53. The number of nitrogens with zero attached hydrogens (tertiary/aromatic N) is 1. The molecule has 0 atom stereocenters. The molecule has 4 nitrogen and oxygen atoms in total. The third-order valence-corrected chi connectivity index (χ3v) is 3.30. The number of aromatic nitrogens is 1. The lowest BCUT2D eigenvalue weighted by molar-refractivity contribution is 0.146. The van der Waals surface area contributed by atoms with Crippen LogP contribution in [-0.4, -0.2) is 20.5 Å². The lowest BCUT2D eigenvalue weighted by atomic mass is 10.3. The minimum atomic E-state index is -4.40. The Bertz CT molecular complexity index is 507. The number of pyridine rings is 1. The van der Waals surface area contributed by atoms with Crippen molar-refractivity contribution in [2.75, 3.05) is 7.11 Å². The van der Waals surface area contributed by atoms with Gasteiger partial charge in [-0.1, -0.05) is 11.6 Å². The second-order valence-corrected chi connectivity index (χ2v) is 5.47. The average Bonchev–Trinajstić information content (AvgIpc) is 2.15. The molecule has 1 heterocycles. The van der Waals surface area contributed by atoms with Gasteiger partial charge in [0.25, 0.3) is 15.5 Å². The van der Waals surface area contributed by atoms with Crippen LogP contribution in [0.4, 0.5) is 8.78 Å². The average molecular weight is 292 g/mol. The van der Waals surface area contributed by atoms with Crippen LogP contribution < -0.4 is 4.74 Å². The van der Waals surface area contributed by atoms with Crippen LogP contribution in [0.3, 0.4) is 0 Å². The minimum absolute atomic E-state index is 0.355. The van der Waals surface area contributed by atoms with E-state index in [1.54, 1.807) is 0 Å². The van der Waals surface area contributed by atoms with Crippen molar-refractivity contribution >= 4 is 31.3 Å². The van der Waals surface area contributed by atoms with Crippen LogP contribution in [0.5, 0.6) is 5.75 Å². The SMILES string of the molecule is COc1c(Cl)ncc(C(F)F)c1S(=O)(=O)Cl. The molecule has 16 heavy (non-hydrogen) atoms. The molecule has 0 aliphatic heterocycles. The molecule has 0 bridgehead atoms. The summed E-state index contributed by atoms with van der Waals surface area (Å²) in [6.07, 6.45) is -2.41. The van der Waals surface area contributed by atoms with E-state index < -0.39 is 31.7 Å². The van der Waals surface area contributed by atoms with Crippen molar-refractivity contribution in [2.24, 2.45) is 0 Å². The van der Waals surface area contributed by atoms with Crippen molar-refractivity contribution in [1.29, 1.82) is 0 Å². The maximum absolute atomic E-state index is 12.5. The molecule has 0 N–H and O–H groups in total. The lowest BCUT2D eigenvalue weighted by Crippen LogP contribution is -2.04. The molecule has 0 aliphatic rings. The van der Waals surface area contributed by atoms with E-state index in [4.69, 9.17) is 22.3 Å². The lowest BCUT2D eigenvalue weighted by Gasteiger charge is -2.11. The van der Waals surface area contributed by atoms with E-state index in [-0.39, 0.29) is 5.15 Å². The predicted octanol–water partition coefficient (Wildman–Crippen LogP) is 2.61. The predicted molar refractivity (Wildman–Crippen MR) is 53.8 cm³/mol. The number of halogens is 4. The molecule has 0 saturated heterocycles. The van der Waals surface area contributed by atoms with E-state index in [0.29, 0.717) is 6.20 Å². The highest BCUT2D eigenvalue weighted by atomic mass is 35.7. The molecule has 0 amide bonds. The number of methoxy groups -OCH3 is 1. The Morgan fingerprint density at radius 3 is 2.44 bits per heavy atom. The molecule has 0 saturated carbocycles. The Labute approximate surface area is 99.6 Å². The molecule has 0 aromatic carbocycles. The highest BCUT2D eigenvalue weighted by Crippen LogP contribution is 2.38. The number of hydrogen-bond acceptors (Lipinski definition) is 4. The van der Waals surface area contributed by atoms with Crippen LogP contribution in [0.1, 0.15) is 12.0 Å². The van der Waals surface area contributed by atoms with E-state index in [2.05, 4.69) is 9.72 Å². The summed E-state index contributed by atoms with van der Waals surface area (Å²) in [4.78, 5) is 2.53. The fraction of sp³-hybridized carbons (Fsp3) is 0.286. The van der Waals surface area contributed by atoms with Crippen molar-refractivity contribution in [2.45, 2.75) is 11.3 Å². The zero-order valence-electron chi connectivity index (χ0n) is 7.75. The van der Waals surface area contributed by atoms with Gasteiger partial charge in [0.2, 0.25) is 0 Å². The van der Waals surface area contributed by atoms with E-state index in [0.717, 1.165) is 7.11 Å². The summed E-state index contributed by atoms with van der Waals surface area (Å²) in [5.41, 5.74) is -0.851. The normalized spacial score (nSPS) is 11.9. The Morgan fingerprint density at radius 2 is 2.06 bits per heavy atom. The first-order valence-electron chi connectivity index (χ1n) is 3.74. The molecule has 1 rings (SSSR count). The van der Waals surface area contributed by atoms with E-state index in [9.17, 15) is 17.2 Å².